The van der Waals surface area contributed by atoms with Crippen LogP contribution in [0, 0.1) is 5.92 Å². The molecule has 138 valence electrons. The number of nitrogens with two attached hydrogens (primary N) is 1. The Balaban J connectivity index is 0.00000243. The minimum absolute atomic E-state index is 0. The maximum absolute atomic E-state index is 12.1. The lowest BCUT2D eigenvalue weighted by atomic mass is 10.0. The number of fused-ring (bicyclic) bond motifs is 1. The van der Waals surface area contributed by atoms with E-state index in [0.29, 0.717) is 35.9 Å². The Morgan fingerprint density at radius 1 is 1.19 bits per heavy atom. The molecular formula is C20H24ClN3O2. The van der Waals surface area contributed by atoms with Crippen molar-refractivity contribution in [3.8, 4) is 0 Å². The Kier molecular flexibility index (Phi) is 6.77. The molecule has 0 saturated carbocycles. The van der Waals surface area contributed by atoms with Crippen LogP contribution in [0.2, 0.25) is 0 Å². The lowest BCUT2D eigenvalue weighted by Crippen LogP contribution is -2.36. The fourth-order valence-corrected chi connectivity index (χ4v) is 2.75. The van der Waals surface area contributed by atoms with Crippen LogP contribution in [0.3, 0.4) is 0 Å². The molecular weight excluding hydrogens is 350 g/mol. The predicted octanol–water partition coefficient (Wildman–Crippen LogP) is 4.15. The number of hydrogen-bond acceptors (Lipinski definition) is 4. The van der Waals surface area contributed by atoms with Crippen LogP contribution in [0.4, 0.5) is 5.69 Å². The molecule has 1 aromatic heterocycles. The quantitative estimate of drug-likeness (QED) is 0.680. The van der Waals surface area contributed by atoms with Gasteiger partial charge in [0.2, 0.25) is 5.91 Å². The van der Waals surface area contributed by atoms with Gasteiger partial charge in [0.25, 0.3) is 0 Å². The van der Waals surface area contributed by atoms with Gasteiger partial charge in [-0.3, -0.25) is 4.79 Å². The number of halogens is 1. The number of carbonyl (C=O) groups excluding carboxylic acids is 1. The zero-order valence-electron chi connectivity index (χ0n) is 14.9. The molecule has 0 fully saturated rings. The van der Waals surface area contributed by atoms with Crippen molar-refractivity contribution in [3.05, 3.63) is 60.0 Å². The molecule has 0 aliphatic rings. The van der Waals surface area contributed by atoms with Crippen LogP contribution >= 0.6 is 12.4 Å². The Hall–Kier alpha value is -2.37. The van der Waals surface area contributed by atoms with Crippen molar-refractivity contribution >= 4 is 35.1 Å². The number of hydrogen-bond donors (Lipinski definition) is 2. The van der Waals surface area contributed by atoms with Crippen molar-refractivity contribution in [3.63, 3.8) is 0 Å². The molecule has 1 amide bonds. The molecule has 0 aliphatic heterocycles. The molecule has 3 aromatic rings. The fourth-order valence-electron chi connectivity index (χ4n) is 2.75. The minimum atomic E-state index is -0.515. The SMILES string of the molecule is CC(C)C[C@H](N)C(=O)Nc1ccc2nc(Cc3ccccc3)oc2c1.Cl. The first-order chi connectivity index (χ1) is 12.0. The van der Waals surface area contributed by atoms with Gasteiger partial charge in [-0.05, 0) is 30.0 Å². The molecule has 3 rings (SSSR count). The van der Waals surface area contributed by atoms with Crippen LogP contribution in [0.1, 0.15) is 31.7 Å². The van der Waals surface area contributed by atoms with Gasteiger partial charge in [-0.1, -0.05) is 44.2 Å². The van der Waals surface area contributed by atoms with E-state index in [1.54, 1.807) is 6.07 Å². The summed E-state index contributed by atoms with van der Waals surface area (Å²) in [5.74, 6) is 0.844. The molecule has 26 heavy (non-hydrogen) atoms. The van der Waals surface area contributed by atoms with E-state index >= 15 is 0 Å². The number of carbonyl (C=O) groups is 1. The summed E-state index contributed by atoms with van der Waals surface area (Å²) in [6.07, 6.45) is 1.29. The minimum Gasteiger partial charge on any atom is -0.440 e. The highest BCUT2D eigenvalue weighted by atomic mass is 35.5. The van der Waals surface area contributed by atoms with Crippen LogP contribution < -0.4 is 11.1 Å². The molecule has 0 aliphatic carbocycles. The summed E-state index contributed by atoms with van der Waals surface area (Å²) >= 11 is 0. The molecule has 0 saturated heterocycles. The number of nitrogens with zero attached hydrogens (tertiary/aromatic N) is 1. The van der Waals surface area contributed by atoms with Crippen molar-refractivity contribution in [1.29, 1.82) is 0 Å². The van der Waals surface area contributed by atoms with Crippen molar-refractivity contribution in [2.75, 3.05) is 5.32 Å². The maximum Gasteiger partial charge on any atom is 0.241 e. The second-order valence-corrected chi connectivity index (χ2v) is 6.68. The van der Waals surface area contributed by atoms with E-state index < -0.39 is 6.04 Å². The summed E-state index contributed by atoms with van der Waals surface area (Å²) in [5, 5.41) is 2.85. The maximum atomic E-state index is 12.1. The van der Waals surface area contributed by atoms with Crippen molar-refractivity contribution in [2.45, 2.75) is 32.7 Å². The standard InChI is InChI=1S/C20H23N3O2.ClH/c1-13(2)10-16(21)20(24)22-15-8-9-17-18(12-15)25-19(23-17)11-14-6-4-3-5-7-14;/h3-9,12-13,16H,10-11,21H2,1-2H3,(H,22,24);1H/t16-;/m0./s1. The van der Waals surface area contributed by atoms with E-state index in [0.717, 1.165) is 11.1 Å². The summed E-state index contributed by atoms with van der Waals surface area (Å²) in [4.78, 5) is 16.6. The fraction of sp³-hybridized carbons (Fsp3) is 0.300. The normalized spacial score (nSPS) is 12.0. The third kappa shape index (κ3) is 5.07. The second kappa shape index (κ2) is 8.83. The van der Waals surface area contributed by atoms with Gasteiger partial charge < -0.3 is 15.5 Å². The second-order valence-electron chi connectivity index (χ2n) is 6.68. The summed E-state index contributed by atoms with van der Waals surface area (Å²) in [7, 11) is 0. The molecule has 1 heterocycles. The number of rotatable bonds is 6. The highest BCUT2D eigenvalue weighted by Gasteiger charge is 2.16. The van der Waals surface area contributed by atoms with Gasteiger partial charge in [-0.2, -0.15) is 0 Å². The van der Waals surface area contributed by atoms with Crippen LogP contribution in [0.5, 0.6) is 0 Å². The number of anilines is 1. The lowest BCUT2D eigenvalue weighted by molar-refractivity contribution is -0.117. The van der Waals surface area contributed by atoms with Crippen LogP contribution in [0.15, 0.2) is 52.9 Å². The number of oxazole rings is 1. The zero-order chi connectivity index (χ0) is 17.8. The summed E-state index contributed by atoms with van der Waals surface area (Å²) in [6.45, 7) is 4.09. The van der Waals surface area contributed by atoms with Gasteiger partial charge in [0.1, 0.15) is 5.52 Å². The van der Waals surface area contributed by atoms with Crippen molar-refractivity contribution in [1.82, 2.24) is 4.98 Å². The third-order valence-corrected chi connectivity index (χ3v) is 3.96. The molecule has 0 radical (unpaired) electrons. The highest BCUT2D eigenvalue weighted by molar-refractivity contribution is 5.96. The average molecular weight is 374 g/mol. The zero-order valence-corrected chi connectivity index (χ0v) is 15.8. The number of aromatic nitrogens is 1. The van der Waals surface area contributed by atoms with Crippen molar-refractivity contribution < 1.29 is 9.21 Å². The van der Waals surface area contributed by atoms with Gasteiger partial charge in [0.15, 0.2) is 11.5 Å². The van der Waals surface area contributed by atoms with Gasteiger partial charge in [-0.25, -0.2) is 4.98 Å². The van der Waals surface area contributed by atoms with E-state index in [-0.39, 0.29) is 18.3 Å². The van der Waals surface area contributed by atoms with Crippen LogP contribution in [-0.4, -0.2) is 16.9 Å². The van der Waals surface area contributed by atoms with Gasteiger partial charge in [-0.15, -0.1) is 12.4 Å². The number of amides is 1. The van der Waals surface area contributed by atoms with Crippen molar-refractivity contribution in [2.24, 2.45) is 11.7 Å². The number of benzene rings is 2. The molecule has 0 bridgehead atoms. The van der Waals surface area contributed by atoms with E-state index in [2.05, 4.69) is 10.3 Å². The van der Waals surface area contributed by atoms with Gasteiger partial charge in [0, 0.05) is 18.2 Å². The Labute approximate surface area is 159 Å². The monoisotopic (exact) mass is 373 g/mol. The lowest BCUT2D eigenvalue weighted by Gasteiger charge is -2.13. The Morgan fingerprint density at radius 2 is 1.92 bits per heavy atom. The van der Waals surface area contributed by atoms with Gasteiger partial charge in [0.05, 0.1) is 6.04 Å². The summed E-state index contributed by atoms with van der Waals surface area (Å²) < 4.78 is 5.83. The van der Waals surface area contributed by atoms with E-state index in [1.165, 1.54) is 0 Å². The average Bonchev–Trinajstić information content (AvgIpc) is 2.96. The topological polar surface area (TPSA) is 81.2 Å². The smallest absolute Gasteiger partial charge is 0.241 e. The summed E-state index contributed by atoms with van der Waals surface area (Å²) in [6, 6.07) is 15.0. The van der Waals surface area contributed by atoms with Gasteiger partial charge >= 0.3 is 0 Å². The predicted molar refractivity (Wildman–Crippen MR) is 107 cm³/mol. The first-order valence-corrected chi connectivity index (χ1v) is 8.51. The first kappa shape index (κ1) is 19.9. The molecule has 0 spiro atoms. The van der Waals surface area contributed by atoms with Crippen LogP contribution in [-0.2, 0) is 11.2 Å². The van der Waals surface area contributed by atoms with Crippen LogP contribution in [0.25, 0.3) is 11.1 Å². The highest BCUT2D eigenvalue weighted by Crippen LogP contribution is 2.22. The molecule has 5 nitrogen and oxygen atoms in total. The summed E-state index contributed by atoms with van der Waals surface area (Å²) in [5.41, 5.74) is 9.16. The third-order valence-electron chi connectivity index (χ3n) is 3.96. The first-order valence-electron chi connectivity index (χ1n) is 8.51. The van der Waals surface area contributed by atoms with E-state index in [9.17, 15) is 4.79 Å². The Bertz CT molecular complexity index is 862. The Morgan fingerprint density at radius 3 is 2.62 bits per heavy atom. The van der Waals surface area contributed by atoms with E-state index in [4.69, 9.17) is 10.2 Å². The molecule has 0 unspecified atom stereocenters. The van der Waals surface area contributed by atoms with E-state index in [1.807, 2.05) is 56.3 Å². The molecule has 6 heteroatoms. The largest absolute Gasteiger partial charge is 0.440 e. The molecule has 2 aromatic carbocycles. The molecule has 1 atom stereocenters. The number of nitrogens with one attached hydrogen (secondary N) is 1. The molecule has 3 N–H and O–H groups in total.